The van der Waals surface area contributed by atoms with Gasteiger partial charge in [-0.05, 0) is 25.3 Å². The van der Waals surface area contributed by atoms with Gasteiger partial charge >= 0.3 is 6.03 Å². The molecule has 0 radical (unpaired) electrons. The standard InChI is InChI=1S/C17H27N3O2/c1-13(2)10-18-17(22)19-16(21)12-20(14(3)4)11-15-8-6-5-7-9-15/h5-9,13-14H,10-12H2,1-4H3,(H2,18,19,21,22). The van der Waals surface area contributed by atoms with Crippen LogP contribution in [0.4, 0.5) is 4.79 Å². The van der Waals surface area contributed by atoms with Crippen LogP contribution in [0.25, 0.3) is 0 Å². The second-order valence-electron chi connectivity index (χ2n) is 6.14. The van der Waals surface area contributed by atoms with Crippen molar-refractivity contribution in [2.45, 2.75) is 40.3 Å². The van der Waals surface area contributed by atoms with E-state index >= 15 is 0 Å². The third kappa shape index (κ3) is 7.22. The second-order valence-corrected chi connectivity index (χ2v) is 6.14. The lowest BCUT2D eigenvalue weighted by atomic mass is 10.2. The Morgan fingerprint density at radius 2 is 1.73 bits per heavy atom. The van der Waals surface area contributed by atoms with Crippen molar-refractivity contribution in [2.75, 3.05) is 13.1 Å². The van der Waals surface area contributed by atoms with Gasteiger partial charge in [-0.25, -0.2) is 4.79 Å². The summed E-state index contributed by atoms with van der Waals surface area (Å²) in [6, 6.07) is 9.77. The van der Waals surface area contributed by atoms with Gasteiger partial charge in [-0.1, -0.05) is 44.2 Å². The second kappa shape index (κ2) is 9.20. The monoisotopic (exact) mass is 305 g/mol. The van der Waals surface area contributed by atoms with Crippen LogP contribution in [0.15, 0.2) is 30.3 Å². The van der Waals surface area contributed by atoms with Crippen molar-refractivity contribution in [3.8, 4) is 0 Å². The van der Waals surface area contributed by atoms with E-state index in [2.05, 4.69) is 10.6 Å². The van der Waals surface area contributed by atoms with E-state index in [0.29, 0.717) is 19.0 Å². The summed E-state index contributed by atoms with van der Waals surface area (Å²) in [6.07, 6.45) is 0. The van der Waals surface area contributed by atoms with Crippen LogP contribution in [0.5, 0.6) is 0 Å². The zero-order chi connectivity index (χ0) is 16.5. The van der Waals surface area contributed by atoms with Crippen molar-refractivity contribution in [2.24, 2.45) is 5.92 Å². The molecule has 0 unspecified atom stereocenters. The summed E-state index contributed by atoms with van der Waals surface area (Å²) < 4.78 is 0. The van der Waals surface area contributed by atoms with E-state index in [1.807, 2.05) is 62.9 Å². The molecular weight excluding hydrogens is 278 g/mol. The zero-order valence-corrected chi connectivity index (χ0v) is 13.9. The maximum atomic E-state index is 12.0. The molecular formula is C17H27N3O2. The SMILES string of the molecule is CC(C)CNC(=O)NC(=O)CN(Cc1ccccc1)C(C)C. The van der Waals surface area contributed by atoms with Crippen molar-refractivity contribution >= 4 is 11.9 Å². The van der Waals surface area contributed by atoms with Crippen molar-refractivity contribution in [3.05, 3.63) is 35.9 Å². The van der Waals surface area contributed by atoms with Crippen LogP contribution in [-0.4, -0.2) is 36.0 Å². The summed E-state index contributed by atoms with van der Waals surface area (Å²) >= 11 is 0. The lowest BCUT2D eigenvalue weighted by molar-refractivity contribution is -0.121. The van der Waals surface area contributed by atoms with Gasteiger partial charge in [0.25, 0.3) is 0 Å². The van der Waals surface area contributed by atoms with Gasteiger partial charge in [-0.3, -0.25) is 15.0 Å². The number of nitrogens with one attached hydrogen (secondary N) is 2. The molecule has 0 heterocycles. The molecule has 0 atom stereocenters. The third-order valence-corrected chi connectivity index (χ3v) is 3.23. The molecule has 5 heteroatoms. The Hall–Kier alpha value is -1.88. The van der Waals surface area contributed by atoms with Crippen LogP contribution in [0.1, 0.15) is 33.3 Å². The van der Waals surface area contributed by atoms with E-state index in [1.54, 1.807) is 0 Å². The molecule has 0 saturated carbocycles. The minimum atomic E-state index is -0.429. The van der Waals surface area contributed by atoms with E-state index in [-0.39, 0.29) is 18.5 Å². The largest absolute Gasteiger partial charge is 0.338 e. The molecule has 0 aliphatic rings. The summed E-state index contributed by atoms with van der Waals surface area (Å²) in [7, 11) is 0. The highest BCUT2D eigenvalue weighted by molar-refractivity contribution is 5.95. The molecule has 0 spiro atoms. The van der Waals surface area contributed by atoms with Crippen molar-refractivity contribution < 1.29 is 9.59 Å². The maximum absolute atomic E-state index is 12.0. The number of benzene rings is 1. The molecule has 0 saturated heterocycles. The average Bonchev–Trinajstić information content (AvgIpc) is 2.45. The highest BCUT2D eigenvalue weighted by atomic mass is 16.2. The van der Waals surface area contributed by atoms with Crippen LogP contribution in [0, 0.1) is 5.92 Å². The van der Waals surface area contributed by atoms with E-state index in [9.17, 15) is 9.59 Å². The Morgan fingerprint density at radius 3 is 2.27 bits per heavy atom. The van der Waals surface area contributed by atoms with Gasteiger partial charge in [0.2, 0.25) is 5.91 Å². The Labute approximate surface area is 133 Å². The molecule has 3 amide bonds. The van der Waals surface area contributed by atoms with Crippen LogP contribution in [0.2, 0.25) is 0 Å². The van der Waals surface area contributed by atoms with Gasteiger partial charge in [-0.2, -0.15) is 0 Å². The molecule has 0 bridgehead atoms. The lowest BCUT2D eigenvalue weighted by Gasteiger charge is -2.25. The number of hydrogen-bond donors (Lipinski definition) is 2. The number of carbonyl (C=O) groups excluding carboxylic acids is 2. The number of amides is 3. The predicted molar refractivity (Wildman–Crippen MR) is 88.4 cm³/mol. The Kier molecular flexibility index (Phi) is 7.60. The van der Waals surface area contributed by atoms with Gasteiger partial charge < -0.3 is 5.32 Å². The smallest absolute Gasteiger partial charge is 0.321 e. The van der Waals surface area contributed by atoms with Gasteiger partial charge in [0.1, 0.15) is 0 Å². The third-order valence-electron chi connectivity index (χ3n) is 3.23. The molecule has 122 valence electrons. The lowest BCUT2D eigenvalue weighted by Crippen LogP contribution is -2.46. The first kappa shape index (κ1) is 18.2. The summed E-state index contributed by atoms with van der Waals surface area (Å²) in [5, 5.41) is 5.05. The van der Waals surface area contributed by atoms with Crippen LogP contribution in [0.3, 0.4) is 0 Å². The van der Waals surface area contributed by atoms with E-state index in [4.69, 9.17) is 0 Å². The minimum absolute atomic E-state index is 0.196. The topological polar surface area (TPSA) is 61.4 Å². The first-order chi connectivity index (χ1) is 10.4. The number of rotatable bonds is 7. The van der Waals surface area contributed by atoms with Gasteiger partial charge in [0, 0.05) is 19.1 Å². The number of nitrogens with zero attached hydrogens (tertiary/aromatic N) is 1. The number of urea groups is 1. The highest BCUT2D eigenvalue weighted by Crippen LogP contribution is 2.07. The predicted octanol–water partition coefficient (Wildman–Crippen LogP) is 2.38. The normalized spacial score (nSPS) is 11.0. The first-order valence-electron chi connectivity index (χ1n) is 7.74. The quantitative estimate of drug-likeness (QED) is 0.813. The Balaban J connectivity index is 2.49. The van der Waals surface area contributed by atoms with Crippen molar-refractivity contribution in [1.29, 1.82) is 0 Å². The van der Waals surface area contributed by atoms with Gasteiger partial charge in [-0.15, -0.1) is 0 Å². The fraction of sp³-hybridized carbons (Fsp3) is 0.529. The average molecular weight is 305 g/mol. The van der Waals surface area contributed by atoms with E-state index < -0.39 is 6.03 Å². The summed E-state index contributed by atoms with van der Waals surface area (Å²) in [5.41, 5.74) is 1.15. The fourth-order valence-electron chi connectivity index (χ4n) is 1.93. The maximum Gasteiger partial charge on any atom is 0.321 e. The molecule has 1 aromatic rings. The Morgan fingerprint density at radius 1 is 1.09 bits per heavy atom. The number of carbonyl (C=O) groups is 2. The van der Waals surface area contributed by atoms with Gasteiger partial charge in [0.15, 0.2) is 0 Å². The molecule has 22 heavy (non-hydrogen) atoms. The molecule has 0 fully saturated rings. The molecule has 5 nitrogen and oxygen atoms in total. The molecule has 1 aromatic carbocycles. The van der Waals surface area contributed by atoms with Crippen molar-refractivity contribution in [3.63, 3.8) is 0 Å². The minimum Gasteiger partial charge on any atom is -0.338 e. The van der Waals surface area contributed by atoms with Crippen LogP contribution >= 0.6 is 0 Å². The van der Waals surface area contributed by atoms with Crippen molar-refractivity contribution in [1.82, 2.24) is 15.5 Å². The zero-order valence-electron chi connectivity index (χ0n) is 13.9. The van der Waals surface area contributed by atoms with Gasteiger partial charge in [0.05, 0.1) is 6.54 Å². The molecule has 0 aromatic heterocycles. The number of imide groups is 1. The van der Waals surface area contributed by atoms with Crippen LogP contribution < -0.4 is 10.6 Å². The highest BCUT2D eigenvalue weighted by Gasteiger charge is 2.16. The first-order valence-corrected chi connectivity index (χ1v) is 7.74. The van der Waals surface area contributed by atoms with E-state index in [0.717, 1.165) is 5.56 Å². The Bertz CT molecular complexity index is 472. The summed E-state index contributed by atoms with van der Waals surface area (Å²) in [6.45, 7) is 9.51. The molecule has 0 aliphatic heterocycles. The molecule has 0 aliphatic carbocycles. The van der Waals surface area contributed by atoms with Crippen LogP contribution in [-0.2, 0) is 11.3 Å². The molecule has 2 N–H and O–H groups in total. The molecule has 1 rings (SSSR count). The summed E-state index contributed by atoms with van der Waals surface area (Å²) in [5.74, 6) is 0.0667. The number of hydrogen-bond acceptors (Lipinski definition) is 3. The van der Waals surface area contributed by atoms with E-state index in [1.165, 1.54) is 0 Å². The fourth-order valence-corrected chi connectivity index (χ4v) is 1.93. The summed E-state index contributed by atoms with van der Waals surface area (Å²) in [4.78, 5) is 25.6.